The standard InChI is InChI=1S/C15H11BrClNO3/c16-12-2-3-14(10(7-12)1-4-15(19)20)21-9-11-5-6-18-8-13(11)17/h1-8H,9H2,(H,19,20). The van der Waals surface area contributed by atoms with Gasteiger partial charge in [-0.3, -0.25) is 4.98 Å². The lowest BCUT2D eigenvalue weighted by molar-refractivity contribution is -0.131. The van der Waals surface area contributed by atoms with E-state index in [1.54, 1.807) is 30.6 Å². The van der Waals surface area contributed by atoms with Crippen molar-refractivity contribution in [3.63, 3.8) is 0 Å². The molecular weight excluding hydrogens is 358 g/mol. The van der Waals surface area contributed by atoms with E-state index in [1.807, 2.05) is 6.07 Å². The summed E-state index contributed by atoms with van der Waals surface area (Å²) in [6, 6.07) is 7.14. The maximum absolute atomic E-state index is 10.6. The predicted octanol–water partition coefficient (Wildman–Crippen LogP) is 4.17. The van der Waals surface area contributed by atoms with Gasteiger partial charge in [0.15, 0.2) is 0 Å². The summed E-state index contributed by atoms with van der Waals surface area (Å²) in [6.45, 7) is 0.275. The number of benzene rings is 1. The van der Waals surface area contributed by atoms with Crippen molar-refractivity contribution in [1.82, 2.24) is 4.98 Å². The van der Waals surface area contributed by atoms with Gasteiger partial charge >= 0.3 is 5.97 Å². The maximum atomic E-state index is 10.6. The third kappa shape index (κ3) is 4.58. The SMILES string of the molecule is O=C(O)C=Cc1cc(Br)ccc1OCc1ccncc1Cl. The van der Waals surface area contributed by atoms with Gasteiger partial charge in [0.2, 0.25) is 0 Å². The number of hydrogen-bond donors (Lipinski definition) is 1. The van der Waals surface area contributed by atoms with Gasteiger partial charge in [0.05, 0.1) is 5.02 Å². The molecule has 0 radical (unpaired) electrons. The van der Waals surface area contributed by atoms with Crippen LogP contribution in [0.4, 0.5) is 0 Å². The van der Waals surface area contributed by atoms with Crippen molar-refractivity contribution < 1.29 is 14.6 Å². The molecule has 0 aliphatic heterocycles. The van der Waals surface area contributed by atoms with Gasteiger partial charge in [0.25, 0.3) is 0 Å². The van der Waals surface area contributed by atoms with Crippen molar-refractivity contribution in [1.29, 1.82) is 0 Å². The van der Waals surface area contributed by atoms with Crippen molar-refractivity contribution in [2.45, 2.75) is 6.61 Å². The summed E-state index contributed by atoms with van der Waals surface area (Å²) in [5.41, 5.74) is 1.47. The highest BCUT2D eigenvalue weighted by Crippen LogP contribution is 2.26. The normalized spacial score (nSPS) is 10.8. The molecule has 0 saturated carbocycles. The minimum atomic E-state index is -1.02. The largest absolute Gasteiger partial charge is 0.488 e. The van der Waals surface area contributed by atoms with Gasteiger partial charge < -0.3 is 9.84 Å². The van der Waals surface area contributed by atoms with E-state index in [2.05, 4.69) is 20.9 Å². The second-order valence-corrected chi connectivity index (χ2v) is 5.43. The Morgan fingerprint density at radius 2 is 2.24 bits per heavy atom. The Hall–Kier alpha value is -1.85. The van der Waals surface area contributed by atoms with Crippen LogP contribution in [0.3, 0.4) is 0 Å². The number of aromatic nitrogens is 1. The molecule has 0 aliphatic carbocycles. The van der Waals surface area contributed by atoms with E-state index >= 15 is 0 Å². The van der Waals surface area contributed by atoms with Crippen LogP contribution in [-0.4, -0.2) is 16.1 Å². The molecule has 4 nitrogen and oxygen atoms in total. The van der Waals surface area contributed by atoms with Crippen molar-refractivity contribution in [3.8, 4) is 5.75 Å². The molecule has 1 aromatic heterocycles. The first-order chi connectivity index (χ1) is 10.1. The van der Waals surface area contributed by atoms with Gasteiger partial charge in [-0.25, -0.2) is 4.79 Å². The molecule has 108 valence electrons. The molecule has 1 heterocycles. The molecule has 1 N–H and O–H groups in total. The molecule has 0 unspecified atom stereocenters. The van der Waals surface area contributed by atoms with Gasteiger partial charge in [-0.1, -0.05) is 27.5 Å². The van der Waals surface area contributed by atoms with Crippen LogP contribution in [0.2, 0.25) is 5.02 Å². The molecule has 0 bridgehead atoms. The van der Waals surface area contributed by atoms with E-state index in [4.69, 9.17) is 21.4 Å². The molecule has 6 heteroatoms. The number of ether oxygens (including phenoxy) is 1. The minimum Gasteiger partial charge on any atom is -0.488 e. The van der Waals surface area contributed by atoms with Crippen LogP contribution in [0.25, 0.3) is 6.08 Å². The lowest BCUT2D eigenvalue weighted by atomic mass is 10.2. The lowest BCUT2D eigenvalue weighted by Crippen LogP contribution is -1.98. The van der Waals surface area contributed by atoms with E-state index in [1.165, 1.54) is 6.08 Å². The second kappa shape index (κ2) is 7.24. The fourth-order valence-electron chi connectivity index (χ4n) is 1.62. The Morgan fingerprint density at radius 1 is 1.43 bits per heavy atom. The average molecular weight is 369 g/mol. The molecule has 0 fully saturated rings. The van der Waals surface area contributed by atoms with E-state index < -0.39 is 5.97 Å². The van der Waals surface area contributed by atoms with Crippen molar-refractivity contribution in [2.24, 2.45) is 0 Å². The fraction of sp³-hybridized carbons (Fsp3) is 0.0667. The van der Waals surface area contributed by atoms with Gasteiger partial charge in [0.1, 0.15) is 12.4 Å². The van der Waals surface area contributed by atoms with E-state index in [9.17, 15) is 4.79 Å². The second-order valence-electron chi connectivity index (χ2n) is 4.11. The summed E-state index contributed by atoms with van der Waals surface area (Å²) in [5.74, 6) is -0.443. The average Bonchev–Trinajstić information content (AvgIpc) is 2.45. The number of carbonyl (C=O) groups is 1. The molecule has 0 amide bonds. The fourth-order valence-corrected chi connectivity index (χ4v) is 2.17. The molecule has 0 saturated heterocycles. The van der Waals surface area contributed by atoms with Crippen molar-refractivity contribution >= 4 is 39.6 Å². The number of rotatable bonds is 5. The minimum absolute atomic E-state index is 0.275. The Balaban J connectivity index is 2.20. The third-order valence-electron chi connectivity index (χ3n) is 2.62. The first-order valence-electron chi connectivity index (χ1n) is 5.98. The number of aliphatic carboxylic acids is 1. The molecule has 2 rings (SSSR count). The topological polar surface area (TPSA) is 59.4 Å². The van der Waals surface area contributed by atoms with E-state index in [-0.39, 0.29) is 6.61 Å². The molecule has 21 heavy (non-hydrogen) atoms. The van der Waals surface area contributed by atoms with Crippen LogP contribution < -0.4 is 4.74 Å². The first-order valence-corrected chi connectivity index (χ1v) is 7.15. The van der Waals surface area contributed by atoms with Gasteiger partial charge in [-0.2, -0.15) is 0 Å². The van der Waals surface area contributed by atoms with Crippen LogP contribution in [-0.2, 0) is 11.4 Å². The van der Waals surface area contributed by atoms with Gasteiger partial charge in [0, 0.05) is 34.1 Å². The summed E-state index contributed by atoms with van der Waals surface area (Å²) in [5, 5.41) is 9.24. The smallest absolute Gasteiger partial charge is 0.328 e. The van der Waals surface area contributed by atoms with Crippen molar-refractivity contribution in [2.75, 3.05) is 0 Å². The zero-order valence-corrected chi connectivity index (χ0v) is 13.1. The summed E-state index contributed by atoms with van der Waals surface area (Å²) < 4.78 is 6.55. The first kappa shape index (κ1) is 15.5. The lowest BCUT2D eigenvalue weighted by Gasteiger charge is -2.10. The van der Waals surface area contributed by atoms with E-state index in [0.29, 0.717) is 16.3 Å². The highest BCUT2D eigenvalue weighted by molar-refractivity contribution is 9.10. The Labute approximate surface area is 135 Å². The van der Waals surface area contributed by atoms with Crippen LogP contribution >= 0.6 is 27.5 Å². The monoisotopic (exact) mass is 367 g/mol. The highest BCUT2D eigenvalue weighted by Gasteiger charge is 2.05. The highest BCUT2D eigenvalue weighted by atomic mass is 79.9. The zero-order valence-electron chi connectivity index (χ0n) is 10.8. The summed E-state index contributed by atoms with van der Waals surface area (Å²) in [4.78, 5) is 14.5. The predicted molar refractivity (Wildman–Crippen MR) is 84.4 cm³/mol. The number of nitrogens with zero attached hydrogens (tertiary/aromatic N) is 1. The molecule has 0 spiro atoms. The summed E-state index contributed by atoms with van der Waals surface area (Å²) in [7, 11) is 0. The number of carboxylic acid groups (broad SMARTS) is 1. The molecule has 1 aromatic carbocycles. The summed E-state index contributed by atoms with van der Waals surface area (Å²) >= 11 is 9.36. The molecule has 2 aromatic rings. The van der Waals surface area contributed by atoms with Crippen LogP contribution in [0.5, 0.6) is 5.75 Å². The van der Waals surface area contributed by atoms with Gasteiger partial charge in [-0.05, 0) is 30.3 Å². The van der Waals surface area contributed by atoms with Gasteiger partial charge in [-0.15, -0.1) is 0 Å². The number of carboxylic acids is 1. The number of pyridine rings is 1. The van der Waals surface area contributed by atoms with Crippen LogP contribution in [0.1, 0.15) is 11.1 Å². The van der Waals surface area contributed by atoms with Crippen LogP contribution in [0, 0.1) is 0 Å². The Morgan fingerprint density at radius 3 is 2.95 bits per heavy atom. The Bertz CT molecular complexity index is 688. The van der Waals surface area contributed by atoms with E-state index in [0.717, 1.165) is 16.1 Å². The van der Waals surface area contributed by atoms with Crippen molar-refractivity contribution in [3.05, 3.63) is 63.4 Å². The number of hydrogen-bond acceptors (Lipinski definition) is 3. The quantitative estimate of drug-likeness (QED) is 0.805. The third-order valence-corrected chi connectivity index (χ3v) is 3.45. The molecular formula is C15H11BrClNO3. The van der Waals surface area contributed by atoms with Crippen LogP contribution in [0.15, 0.2) is 47.2 Å². The molecule has 0 atom stereocenters. The Kier molecular flexibility index (Phi) is 5.36. The zero-order chi connectivity index (χ0) is 15.2. The maximum Gasteiger partial charge on any atom is 0.328 e. The number of halogens is 2. The summed E-state index contributed by atoms with van der Waals surface area (Å²) in [6.07, 6.45) is 5.73. The molecule has 0 aliphatic rings.